The van der Waals surface area contributed by atoms with Crippen molar-refractivity contribution in [2.24, 2.45) is 5.11 Å². The molecule has 0 aliphatic carbocycles. The molecule has 0 amide bonds. The minimum atomic E-state index is -0.900. The molecule has 0 spiro atoms. The van der Waals surface area contributed by atoms with Gasteiger partial charge in [-0.2, -0.15) is 0 Å². The first-order valence-electron chi connectivity index (χ1n) is 7.84. The van der Waals surface area contributed by atoms with Crippen LogP contribution in [-0.2, 0) is 14.0 Å². The lowest BCUT2D eigenvalue weighted by Crippen LogP contribution is -2.41. The third-order valence-corrected chi connectivity index (χ3v) is 4.75. The summed E-state index contributed by atoms with van der Waals surface area (Å²) in [5, 5.41) is 3.46. The predicted molar refractivity (Wildman–Crippen MR) is 90.8 cm³/mol. The van der Waals surface area contributed by atoms with Crippen molar-refractivity contribution < 1.29 is 18.4 Å². The van der Waals surface area contributed by atoms with Gasteiger partial charge in [0.15, 0.2) is 0 Å². The lowest BCUT2D eigenvalue weighted by Gasteiger charge is -2.32. The normalized spacial score (nSPS) is 21.2. The smallest absolute Gasteiger partial charge is 0.399 e. The monoisotopic (exact) mass is 335 g/mol. The average Bonchev–Trinajstić information content (AvgIpc) is 2.76. The number of benzene rings is 1. The molecule has 1 aliphatic heterocycles. The van der Waals surface area contributed by atoms with Crippen molar-refractivity contribution in [3.05, 3.63) is 40.3 Å². The third-order valence-electron chi connectivity index (χ3n) is 4.75. The molecule has 1 aliphatic rings. The van der Waals surface area contributed by atoms with Crippen LogP contribution in [0.25, 0.3) is 10.4 Å². The number of hydrogen-bond acceptors (Lipinski definition) is 4. The van der Waals surface area contributed by atoms with Gasteiger partial charge in [-0.1, -0.05) is 29.4 Å². The first kappa shape index (κ1) is 18.7. The van der Waals surface area contributed by atoms with Crippen LogP contribution >= 0.6 is 0 Å². The van der Waals surface area contributed by atoms with Crippen molar-refractivity contribution >= 4 is 12.6 Å². The van der Waals surface area contributed by atoms with Crippen molar-refractivity contribution in [1.29, 1.82) is 0 Å². The Balaban J connectivity index is 2.20. The molecule has 8 heteroatoms. The molecule has 0 radical (unpaired) electrons. The van der Waals surface area contributed by atoms with Gasteiger partial charge in [0.1, 0.15) is 6.67 Å². The number of rotatable bonds is 6. The van der Waals surface area contributed by atoms with Gasteiger partial charge in [-0.25, -0.2) is 0 Å². The van der Waals surface area contributed by atoms with Crippen LogP contribution in [0.1, 0.15) is 39.4 Å². The molecule has 1 heterocycles. The Morgan fingerprint density at radius 1 is 1.21 bits per heavy atom. The SMILES string of the molecule is CO[C@H](c1ccc(B2OC(C)(C)C(C)(C)O2)cc1)[C@@H](CF)N=[N+]=[N-]. The van der Waals surface area contributed by atoms with E-state index in [1.165, 1.54) is 7.11 Å². The van der Waals surface area contributed by atoms with Crippen LogP contribution in [0.5, 0.6) is 0 Å². The first-order valence-corrected chi connectivity index (χ1v) is 7.84. The van der Waals surface area contributed by atoms with E-state index >= 15 is 0 Å². The van der Waals surface area contributed by atoms with Gasteiger partial charge in [0, 0.05) is 12.0 Å². The van der Waals surface area contributed by atoms with Crippen molar-refractivity contribution in [3.63, 3.8) is 0 Å². The molecule has 0 N–H and O–H groups in total. The zero-order valence-electron chi connectivity index (χ0n) is 14.7. The summed E-state index contributed by atoms with van der Waals surface area (Å²) in [6, 6.07) is 6.43. The van der Waals surface area contributed by atoms with Crippen LogP contribution in [-0.4, -0.2) is 38.1 Å². The first-order chi connectivity index (χ1) is 11.3. The maximum Gasteiger partial charge on any atom is 0.494 e. The summed E-state index contributed by atoms with van der Waals surface area (Å²) >= 11 is 0. The van der Waals surface area contributed by atoms with Gasteiger partial charge in [-0.15, -0.1) is 0 Å². The second kappa shape index (κ2) is 7.11. The summed E-state index contributed by atoms with van der Waals surface area (Å²) in [5.41, 5.74) is 9.32. The van der Waals surface area contributed by atoms with Gasteiger partial charge in [0.2, 0.25) is 0 Å². The van der Waals surface area contributed by atoms with E-state index in [1.54, 1.807) is 0 Å². The molecular weight excluding hydrogens is 312 g/mol. The highest BCUT2D eigenvalue weighted by atomic mass is 19.1. The van der Waals surface area contributed by atoms with Crippen molar-refractivity contribution in [3.8, 4) is 0 Å². The molecule has 6 nitrogen and oxygen atoms in total. The molecule has 130 valence electrons. The molecule has 24 heavy (non-hydrogen) atoms. The molecule has 0 aromatic heterocycles. The van der Waals surface area contributed by atoms with Crippen LogP contribution < -0.4 is 5.46 Å². The van der Waals surface area contributed by atoms with E-state index < -0.39 is 37.1 Å². The number of alkyl halides is 1. The van der Waals surface area contributed by atoms with E-state index in [4.69, 9.17) is 19.6 Å². The predicted octanol–water partition coefficient (Wildman–Crippen LogP) is 3.32. The molecule has 0 saturated carbocycles. The van der Waals surface area contributed by atoms with Crippen LogP contribution in [0.3, 0.4) is 0 Å². The lowest BCUT2D eigenvalue weighted by atomic mass is 9.78. The Morgan fingerprint density at radius 3 is 2.17 bits per heavy atom. The number of azide groups is 1. The molecule has 1 aromatic rings. The van der Waals surface area contributed by atoms with Gasteiger partial charge < -0.3 is 14.0 Å². The molecule has 1 aromatic carbocycles. The van der Waals surface area contributed by atoms with Gasteiger partial charge >= 0.3 is 7.12 Å². The summed E-state index contributed by atoms with van der Waals surface area (Å²) < 4.78 is 30.4. The zero-order chi connectivity index (χ0) is 18.0. The highest BCUT2D eigenvalue weighted by Crippen LogP contribution is 2.36. The topological polar surface area (TPSA) is 76.5 Å². The summed E-state index contributed by atoms with van der Waals surface area (Å²) in [7, 11) is 1.00. The molecular formula is C16H23BFN3O3. The maximum atomic E-state index is 13.1. The molecule has 2 atom stereocenters. The fraction of sp³-hybridized carbons (Fsp3) is 0.625. The average molecular weight is 335 g/mol. The van der Waals surface area contributed by atoms with Crippen LogP contribution in [0.2, 0.25) is 0 Å². The quantitative estimate of drug-likeness (QED) is 0.346. The fourth-order valence-electron chi connectivity index (χ4n) is 2.58. The number of halogens is 1. The summed E-state index contributed by atoms with van der Waals surface area (Å²) in [6.45, 7) is 7.19. The Morgan fingerprint density at radius 2 is 1.75 bits per heavy atom. The standard InChI is InChI=1S/C16H23BFN3O3/c1-15(2)16(3,4)24-17(23-15)12-8-6-11(7-9-12)14(22-5)13(10-18)20-21-19/h6-9,13-14H,10H2,1-5H3/t13-,14-/m1/s1. The number of hydrogen-bond donors (Lipinski definition) is 0. The largest absolute Gasteiger partial charge is 0.494 e. The van der Waals surface area contributed by atoms with E-state index in [-0.39, 0.29) is 0 Å². The minimum absolute atomic E-state index is 0.410. The van der Waals surface area contributed by atoms with Gasteiger partial charge in [-0.05, 0) is 44.3 Å². The van der Waals surface area contributed by atoms with Gasteiger partial charge in [0.25, 0.3) is 0 Å². The van der Waals surface area contributed by atoms with Crippen molar-refractivity contribution in [2.75, 3.05) is 13.8 Å². The fourth-order valence-corrected chi connectivity index (χ4v) is 2.58. The van der Waals surface area contributed by atoms with E-state index in [0.29, 0.717) is 0 Å². The highest BCUT2D eigenvalue weighted by molar-refractivity contribution is 6.62. The van der Waals surface area contributed by atoms with Crippen LogP contribution in [0.4, 0.5) is 4.39 Å². The number of methoxy groups -OCH3 is 1. The third kappa shape index (κ3) is 3.57. The highest BCUT2D eigenvalue weighted by Gasteiger charge is 2.51. The summed E-state index contributed by atoms with van der Waals surface area (Å²) in [4.78, 5) is 2.68. The molecule has 0 unspecified atom stereocenters. The number of ether oxygens (including phenoxy) is 1. The summed E-state index contributed by atoms with van der Waals surface area (Å²) in [5.74, 6) is 0. The Labute approximate surface area is 142 Å². The molecule has 1 fully saturated rings. The molecule has 2 rings (SSSR count). The summed E-state index contributed by atoms with van der Waals surface area (Å²) in [6.07, 6.45) is -0.641. The van der Waals surface area contributed by atoms with E-state index in [0.717, 1.165) is 11.0 Å². The van der Waals surface area contributed by atoms with E-state index in [2.05, 4.69) is 10.0 Å². The van der Waals surface area contributed by atoms with Gasteiger partial charge in [0.05, 0.1) is 23.3 Å². The lowest BCUT2D eigenvalue weighted by molar-refractivity contribution is 0.00578. The van der Waals surface area contributed by atoms with E-state index in [1.807, 2.05) is 52.0 Å². The minimum Gasteiger partial charge on any atom is -0.399 e. The number of nitrogens with zero attached hydrogens (tertiary/aromatic N) is 3. The second-order valence-electron chi connectivity index (χ2n) is 6.84. The Bertz CT molecular complexity index is 601. The molecule has 1 saturated heterocycles. The van der Waals surface area contributed by atoms with Gasteiger partial charge in [-0.3, -0.25) is 4.39 Å². The van der Waals surface area contributed by atoms with Crippen molar-refractivity contribution in [2.45, 2.75) is 51.0 Å². The van der Waals surface area contributed by atoms with Crippen molar-refractivity contribution in [1.82, 2.24) is 0 Å². The Hall–Kier alpha value is -1.60. The zero-order valence-corrected chi connectivity index (χ0v) is 14.7. The molecule has 0 bridgehead atoms. The van der Waals surface area contributed by atoms with Crippen LogP contribution in [0, 0.1) is 0 Å². The Kier molecular flexibility index (Phi) is 5.55. The maximum absolute atomic E-state index is 13.1. The van der Waals surface area contributed by atoms with Crippen LogP contribution in [0.15, 0.2) is 29.4 Å². The van der Waals surface area contributed by atoms with E-state index in [9.17, 15) is 4.39 Å². The second-order valence-corrected chi connectivity index (χ2v) is 6.84.